The number of aliphatic hydroxyl groups excluding tert-OH is 1. The Morgan fingerprint density at radius 1 is 1.24 bits per heavy atom. The van der Waals surface area contributed by atoms with E-state index in [2.05, 4.69) is 25.9 Å². The summed E-state index contributed by atoms with van der Waals surface area (Å²) in [6, 6.07) is 5.78. The standard InChI is InChI=1S/C13H13BrN2O/c1-8-5-10(6-9(2)12(8)14)13-15-4-3-11(7-17)16-13/h3-6,17H,7H2,1-2H3. The number of rotatable bonds is 2. The van der Waals surface area contributed by atoms with Crippen LogP contribution >= 0.6 is 15.9 Å². The van der Waals surface area contributed by atoms with Gasteiger partial charge in [0.2, 0.25) is 0 Å². The molecule has 0 aliphatic rings. The Hall–Kier alpha value is -1.26. The zero-order valence-electron chi connectivity index (χ0n) is 9.74. The number of hydrogen-bond acceptors (Lipinski definition) is 3. The summed E-state index contributed by atoms with van der Waals surface area (Å²) in [4.78, 5) is 8.53. The van der Waals surface area contributed by atoms with Gasteiger partial charge in [-0.15, -0.1) is 0 Å². The van der Waals surface area contributed by atoms with Crippen molar-refractivity contribution in [2.45, 2.75) is 20.5 Å². The number of aryl methyl sites for hydroxylation is 2. The summed E-state index contributed by atoms with van der Waals surface area (Å²) in [5, 5.41) is 9.06. The molecule has 0 spiro atoms. The topological polar surface area (TPSA) is 46.0 Å². The maximum Gasteiger partial charge on any atom is 0.159 e. The highest BCUT2D eigenvalue weighted by molar-refractivity contribution is 9.10. The van der Waals surface area contributed by atoms with Crippen molar-refractivity contribution in [3.05, 3.63) is 45.7 Å². The van der Waals surface area contributed by atoms with Gasteiger partial charge in [0.25, 0.3) is 0 Å². The summed E-state index contributed by atoms with van der Waals surface area (Å²) in [5.41, 5.74) is 3.91. The first-order valence-electron chi connectivity index (χ1n) is 5.31. The van der Waals surface area contributed by atoms with Gasteiger partial charge in [-0.25, -0.2) is 9.97 Å². The highest BCUT2D eigenvalue weighted by Gasteiger charge is 2.07. The fourth-order valence-corrected chi connectivity index (χ4v) is 1.93. The molecule has 1 N–H and O–H groups in total. The molecular formula is C13H13BrN2O. The second kappa shape index (κ2) is 4.94. The smallest absolute Gasteiger partial charge is 0.159 e. The monoisotopic (exact) mass is 292 g/mol. The van der Waals surface area contributed by atoms with E-state index in [1.807, 2.05) is 26.0 Å². The Bertz CT molecular complexity index is 532. The van der Waals surface area contributed by atoms with Crippen molar-refractivity contribution in [1.29, 1.82) is 0 Å². The van der Waals surface area contributed by atoms with Crippen LogP contribution < -0.4 is 0 Å². The second-order valence-corrected chi connectivity index (χ2v) is 4.75. The normalized spacial score (nSPS) is 10.6. The highest BCUT2D eigenvalue weighted by Crippen LogP contribution is 2.26. The van der Waals surface area contributed by atoms with Crippen molar-refractivity contribution in [2.75, 3.05) is 0 Å². The molecule has 0 atom stereocenters. The van der Waals surface area contributed by atoms with E-state index >= 15 is 0 Å². The molecule has 1 aromatic carbocycles. The molecule has 0 unspecified atom stereocenters. The van der Waals surface area contributed by atoms with Crippen LogP contribution in [0.25, 0.3) is 11.4 Å². The molecule has 0 aliphatic heterocycles. The van der Waals surface area contributed by atoms with Crippen LogP contribution in [0.1, 0.15) is 16.8 Å². The van der Waals surface area contributed by atoms with E-state index in [0.717, 1.165) is 21.2 Å². The van der Waals surface area contributed by atoms with Gasteiger partial charge in [0.15, 0.2) is 5.82 Å². The SMILES string of the molecule is Cc1cc(-c2nccc(CO)n2)cc(C)c1Br. The first-order valence-corrected chi connectivity index (χ1v) is 6.11. The third kappa shape index (κ3) is 2.53. The minimum Gasteiger partial charge on any atom is -0.390 e. The number of halogens is 1. The predicted molar refractivity (Wildman–Crippen MR) is 70.6 cm³/mol. The van der Waals surface area contributed by atoms with E-state index < -0.39 is 0 Å². The molecule has 0 radical (unpaired) electrons. The van der Waals surface area contributed by atoms with Crippen LogP contribution in [0.5, 0.6) is 0 Å². The Morgan fingerprint density at radius 3 is 2.47 bits per heavy atom. The number of aromatic nitrogens is 2. The number of aliphatic hydroxyl groups is 1. The average Bonchev–Trinajstić information content (AvgIpc) is 2.35. The summed E-state index contributed by atoms with van der Waals surface area (Å²) >= 11 is 3.53. The molecule has 2 rings (SSSR count). The average molecular weight is 293 g/mol. The van der Waals surface area contributed by atoms with Crippen LogP contribution in [-0.2, 0) is 6.61 Å². The van der Waals surface area contributed by atoms with E-state index in [0.29, 0.717) is 11.5 Å². The fourth-order valence-electron chi connectivity index (χ4n) is 1.70. The van der Waals surface area contributed by atoms with Crippen LogP contribution in [-0.4, -0.2) is 15.1 Å². The lowest BCUT2D eigenvalue weighted by atomic mass is 10.1. The summed E-state index contributed by atoms with van der Waals surface area (Å²) in [5.74, 6) is 0.648. The van der Waals surface area contributed by atoms with Gasteiger partial charge in [0.05, 0.1) is 12.3 Å². The van der Waals surface area contributed by atoms with Crippen LogP contribution in [0.15, 0.2) is 28.9 Å². The van der Waals surface area contributed by atoms with Gasteiger partial charge >= 0.3 is 0 Å². The summed E-state index contributed by atoms with van der Waals surface area (Å²) in [6.07, 6.45) is 1.67. The lowest BCUT2D eigenvalue weighted by Crippen LogP contribution is -1.95. The molecule has 2 aromatic rings. The van der Waals surface area contributed by atoms with Crippen molar-refractivity contribution in [3.8, 4) is 11.4 Å². The molecule has 0 amide bonds. The van der Waals surface area contributed by atoms with Crippen molar-refractivity contribution >= 4 is 15.9 Å². The third-order valence-corrected chi connectivity index (χ3v) is 3.82. The Labute approximate surface area is 109 Å². The first-order chi connectivity index (χ1) is 8.11. The van der Waals surface area contributed by atoms with Gasteiger partial charge in [-0.05, 0) is 43.2 Å². The largest absolute Gasteiger partial charge is 0.390 e. The van der Waals surface area contributed by atoms with E-state index in [1.54, 1.807) is 12.3 Å². The Balaban J connectivity index is 2.52. The van der Waals surface area contributed by atoms with Crippen LogP contribution in [0.3, 0.4) is 0 Å². The lowest BCUT2D eigenvalue weighted by Gasteiger charge is -2.07. The van der Waals surface area contributed by atoms with E-state index in [9.17, 15) is 0 Å². The van der Waals surface area contributed by atoms with E-state index in [1.165, 1.54) is 0 Å². The maximum atomic E-state index is 9.06. The fraction of sp³-hybridized carbons (Fsp3) is 0.231. The molecule has 0 fully saturated rings. The molecule has 0 saturated carbocycles. The first kappa shape index (κ1) is 12.2. The van der Waals surface area contributed by atoms with Crippen LogP contribution in [0.2, 0.25) is 0 Å². The van der Waals surface area contributed by atoms with Gasteiger partial charge in [-0.2, -0.15) is 0 Å². The molecule has 0 saturated heterocycles. The van der Waals surface area contributed by atoms with Crippen molar-refractivity contribution in [3.63, 3.8) is 0 Å². The summed E-state index contributed by atoms with van der Waals surface area (Å²) in [7, 11) is 0. The number of benzene rings is 1. The quantitative estimate of drug-likeness (QED) is 0.925. The maximum absolute atomic E-state index is 9.06. The third-order valence-electron chi connectivity index (χ3n) is 2.57. The number of hydrogen-bond donors (Lipinski definition) is 1. The summed E-state index contributed by atoms with van der Waals surface area (Å²) in [6.45, 7) is 4.01. The van der Waals surface area contributed by atoms with Crippen molar-refractivity contribution in [1.82, 2.24) is 9.97 Å². The Morgan fingerprint density at radius 2 is 1.88 bits per heavy atom. The zero-order valence-corrected chi connectivity index (χ0v) is 11.3. The molecule has 1 aromatic heterocycles. The number of nitrogens with zero attached hydrogens (tertiary/aromatic N) is 2. The molecule has 1 heterocycles. The van der Waals surface area contributed by atoms with E-state index in [4.69, 9.17) is 5.11 Å². The second-order valence-electron chi connectivity index (χ2n) is 3.95. The predicted octanol–water partition coefficient (Wildman–Crippen LogP) is 3.02. The van der Waals surface area contributed by atoms with E-state index in [-0.39, 0.29) is 6.61 Å². The zero-order chi connectivity index (χ0) is 12.4. The Kier molecular flexibility index (Phi) is 3.54. The van der Waals surface area contributed by atoms with Crippen molar-refractivity contribution in [2.24, 2.45) is 0 Å². The molecule has 0 aliphatic carbocycles. The van der Waals surface area contributed by atoms with Crippen LogP contribution in [0, 0.1) is 13.8 Å². The van der Waals surface area contributed by atoms with Crippen LogP contribution in [0.4, 0.5) is 0 Å². The van der Waals surface area contributed by atoms with Gasteiger partial charge in [-0.3, -0.25) is 0 Å². The molecule has 3 nitrogen and oxygen atoms in total. The molecule has 4 heteroatoms. The molecule has 17 heavy (non-hydrogen) atoms. The molecule has 88 valence electrons. The van der Waals surface area contributed by atoms with Gasteiger partial charge in [0.1, 0.15) is 0 Å². The molecular weight excluding hydrogens is 280 g/mol. The highest BCUT2D eigenvalue weighted by atomic mass is 79.9. The van der Waals surface area contributed by atoms with Gasteiger partial charge in [0, 0.05) is 16.2 Å². The van der Waals surface area contributed by atoms with Gasteiger partial charge in [-0.1, -0.05) is 15.9 Å². The minimum absolute atomic E-state index is 0.0655. The summed E-state index contributed by atoms with van der Waals surface area (Å²) < 4.78 is 1.11. The minimum atomic E-state index is -0.0655. The lowest BCUT2D eigenvalue weighted by molar-refractivity contribution is 0.277. The van der Waals surface area contributed by atoms with Gasteiger partial charge < -0.3 is 5.11 Å². The molecule has 0 bridgehead atoms. The van der Waals surface area contributed by atoms with Crippen molar-refractivity contribution < 1.29 is 5.11 Å².